The molecule has 2 heterocycles. The van der Waals surface area contributed by atoms with Crippen molar-refractivity contribution < 1.29 is 9.53 Å². The van der Waals surface area contributed by atoms with Gasteiger partial charge in [-0.05, 0) is 37.6 Å². The van der Waals surface area contributed by atoms with Gasteiger partial charge in [0.2, 0.25) is 5.91 Å². The third-order valence-corrected chi connectivity index (χ3v) is 5.34. The smallest absolute Gasteiger partial charge is 0.241 e. The van der Waals surface area contributed by atoms with E-state index in [0.717, 1.165) is 49.2 Å². The molecule has 134 valence electrons. The number of carbonyl (C=O) groups excluding carboxylic acids is 1. The lowest BCUT2D eigenvalue weighted by atomic mass is 10.2. The van der Waals surface area contributed by atoms with Crippen molar-refractivity contribution in [1.82, 2.24) is 9.88 Å². The summed E-state index contributed by atoms with van der Waals surface area (Å²) in [6, 6.07) is 7.24. The van der Waals surface area contributed by atoms with E-state index in [0.29, 0.717) is 0 Å². The molecule has 2 aromatic rings. The standard InChI is InChI=1S/C18H24N4O2S/c1-14(17(23)20-15-4-6-16(24-2)7-5-15)21-9-3-10-22(12-11-21)18-19-8-13-25-18/h4-8,13-14H,3,9-12H2,1-2H3,(H,20,23)/t14-/m0/s1. The molecular formula is C18H24N4O2S. The summed E-state index contributed by atoms with van der Waals surface area (Å²) in [6.45, 7) is 5.62. The molecule has 25 heavy (non-hydrogen) atoms. The highest BCUT2D eigenvalue weighted by Crippen LogP contribution is 2.20. The van der Waals surface area contributed by atoms with Gasteiger partial charge >= 0.3 is 0 Å². The van der Waals surface area contributed by atoms with Crippen molar-refractivity contribution in [2.24, 2.45) is 0 Å². The van der Waals surface area contributed by atoms with Gasteiger partial charge in [0.15, 0.2) is 5.13 Å². The summed E-state index contributed by atoms with van der Waals surface area (Å²) in [5, 5.41) is 6.06. The van der Waals surface area contributed by atoms with Crippen molar-refractivity contribution >= 4 is 28.1 Å². The molecule has 6 nitrogen and oxygen atoms in total. The molecule has 0 aliphatic carbocycles. The van der Waals surface area contributed by atoms with Crippen LogP contribution < -0.4 is 15.0 Å². The van der Waals surface area contributed by atoms with Crippen LogP contribution in [0.5, 0.6) is 5.75 Å². The quantitative estimate of drug-likeness (QED) is 0.888. The first-order chi connectivity index (χ1) is 12.2. The Morgan fingerprint density at radius 2 is 2.04 bits per heavy atom. The number of aromatic nitrogens is 1. The van der Waals surface area contributed by atoms with Crippen molar-refractivity contribution in [3.05, 3.63) is 35.8 Å². The minimum atomic E-state index is -0.168. The molecule has 1 fully saturated rings. The fourth-order valence-electron chi connectivity index (χ4n) is 2.97. The minimum Gasteiger partial charge on any atom is -0.497 e. The molecule has 0 bridgehead atoms. The number of methoxy groups -OCH3 is 1. The van der Waals surface area contributed by atoms with Gasteiger partial charge in [-0.3, -0.25) is 9.69 Å². The summed E-state index contributed by atoms with van der Waals surface area (Å²) in [5.41, 5.74) is 0.789. The molecule has 0 spiro atoms. The average molecular weight is 360 g/mol. The van der Waals surface area contributed by atoms with E-state index in [-0.39, 0.29) is 11.9 Å². The molecule has 0 unspecified atom stereocenters. The molecule has 1 aromatic heterocycles. The van der Waals surface area contributed by atoms with Crippen LogP contribution in [0.4, 0.5) is 10.8 Å². The SMILES string of the molecule is COc1ccc(NC(=O)[C@H](C)N2CCCN(c3nccs3)CC2)cc1. The zero-order valence-electron chi connectivity index (χ0n) is 14.6. The van der Waals surface area contributed by atoms with Crippen molar-refractivity contribution in [1.29, 1.82) is 0 Å². The highest BCUT2D eigenvalue weighted by molar-refractivity contribution is 7.13. The molecule has 1 amide bonds. The van der Waals surface area contributed by atoms with Gasteiger partial charge in [-0.2, -0.15) is 0 Å². The van der Waals surface area contributed by atoms with Gasteiger partial charge in [0.25, 0.3) is 0 Å². The van der Waals surface area contributed by atoms with Crippen LogP contribution in [0.15, 0.2) is 35.8 Å². The predicted octanol–water partition coefficient (Wildman–Crippen LogP) is 2.69. The van der Waals surface area contributed by atoms with E-state index in [1.165, 1.54) is 0 Å². The monoisotopic (exact) mass is 360 g/mol. The van der Waals surface area contributed by atoms with E-state index < -0.39 is 0 Å². The summed E-state index contributed by atoms with van der Waals surface area (Å²) in [4.78, 5) is 21.5. The van der Waals surface area contributed by atoms with Gasteiger partial charge in [-0.15, -0.1) is 11.3 Å². The first-order valence-corrected chi connectivity index (χ1v) is 9.39. The van der Waals surface area contributed by atoms with Crippen molar-refractivity contribution in [3.63, 3.8) is 0 Å². The van der Waals surface area contributed by atoms with E-state index in [1.807, 2.05) is 42.8 Å². The number of nitrogens with one attached hydrogen (secondary N) is 1. The predicted molar refractivity (Wildman–Crippen MR) is 102 cm³/mol. The number of hydrogen-bond donors (Lipinski definition) is 1. The maximum Gasteiger partial charge on any atom is 0.241 e. The molecule has 1 atom stereocenters. The first kappa shape index (κ1) is 17.7. The first-order valence-electron chi connectivity index (χ1n) is 8.51. The Morgan fingerprint density at radius 3 is 2.72 bits per heavy atom. The van der Waals surface area contributed by atoms with Gasteiger partial charge in [0.1, 0.15) is 5.75 Å². The number of benzene rings is 1. The molecule has 0 radical (unpaired) electrons. The van der Waals surface area contributed by atoms with Gasteiger partial charge < -0.3 is 15.0 Å². The van der Waals surface area contributed by atoms with E-state index >= 15 is 0 Å². The van der Waals surface area contributed by atoms with Crippen LogP contribution in [0, 0.1) is 0 Å². The molecule has 0 saturated carbocycles. The van der Waals surface area contributed by atoms with Crippen molar-refractivity contribution in [2.45, 2.75) is 19.4 Å². The molecule has 3 rings (SSSR count). The normalized spacial score (nSPS) is 17.0. The zero-order valence-corrected chi connectivity index (χ0v) is 15.5. The zero-order chi connectivity index (χ0) is 17.6. The lowest BCUT2D eigenvalue weighted by Crippen LogP contribution is -2.43. The maximum absolute atomic E-state index is 12.6. The Labute approximate surface area is 152 Å². The minimum absolute atomic E-state index is 0.0212. The van der Waals surface area contributed by atoms with Gasteiger partial charge in [0, 0.05) is 43.4 Å². The largest absolute Gasteiger partial charge is 0.497 e. The number of ether oxygens (including phenoxy) is 1. The highest BCUT2D eigenvalue weighted by Gasteiger charge is 2.24. The molecule has 1 aliphatic rings. The lowest BCUT2D eigenvalue weighted by Gasteiger charge is -2.26. The number of anilines is 2. The second kappa shape index (κ2) is 8.31. The van der Waals surface area contributed by atoms with Crippen molar-refractivity contribution in [2.75, 3.05) is 43.5 Å². The lowest BCUT2D eigenvalue weighted by molar-refractivity contribution is -0.120. The third-order valence-electron chi connectivity index (χ3n) is 4.51. The summed E-state index contributed by atoms with van der Waals surface area (Å²) in [6.07, 6.45) is 2.87. The number of thiazole rings is 1. The fourth-order valence-corrected chi connectivity index (χ4v) is 3.67. The Bertz CT molecular complexity index is 675. The second-order valence-corrected chi connectivity index (χ2v) is 6.96. The van der Waals surface area contributed by atoms with Crippen LogP contribution in [0.1, 0.15) is 13.3 Å². The summed E-state index contributed by atoms with van der Waals surface area (Å²) >= 11 is 1.67. The Balaban J connectivity index is 1.56. The Hall–Kier alpha value is -2.12. The number of nitrogens with zero attached hydrogens (tertiary/aromatic N) is 3. The Kier molecular flexibility index (Phi) is 5.88. The topological polar surface area (TPSA) is 57.7 Å². The molecule has 1 N–H and O–H groups in total. The molecular weight excluding hydrogens is 336 g/mol. The van der Waals surface area contributed by atoms with Crippen molar-refractivity contribution in [3.8, 4) is 5.75 Å². The van der Waals surface area contributed by atoms with E-state index in [4.69, 9.17) is 4.74 Å². The third kappa shape index (κ3) is 4.49. The second-order valence-electron chi connectivity index (χ2n) is 6.08. The number of hydrogen-bond acceptors (Lipinski definition) is 6. The number of carbonyl (C=O) groups is 1. The van der Waals surface area contributed by atoms with E-state index in [2.05, 4.69) is 20.1 Å². The summed E-state index contributed by atoms with van der Waals surface area (Å²) in [5.74, 6) is 0.800. The highest BCUT2D eigenvalue weighted by atomic mass is 32.1. The van der Waals surface area contributed by atoms with Crippen LogP contribution in [0.2, 0.25) is 0 Å². The molecule has 1 saturated heterocycles. The van der Waals surface area contributed by atoms with E-state index in [9.17, 15) is 4.79 Å². The van der Waals surface area contributed by atoms with Gasteiger partial charge in [-0.25, -0.2) is 4.98 Å². The van der Waals surface area contributed by atoms with Crippen LogP contribution in [-0.2, 0) is 4.79 Å². The van der Waals surface area contributed by atoms with Crippen LogP contribution >= 0.6 is 11.3 Å². The molecule has 1 aliphatic heterocycles. The van der Waals surface area contributed by atoms with Crippen LogP contribution in [-0.4, -0.2) is 55.1 Å². The summed E-state index contributed by atoms with van der Waals surface area (Å²) in [7, 11) is 1.63. The molecule has 1 aromatic carbocycles. The van der Waals surface area contributed by atoms with E-state index in [1.54, 1.807) is 18.4 Å². The van der Waals surface area contributed by atoms with Gasteiger partial charge in [0.05, 0.1) is 13.2 Å². The molecule has 7 heteroatoms. The average Bonchev–Trinajstić information content (AvgIpc) is 3.06. The maximum atomic E-state index is 12.6. The summed E-state index contributed by atoms with van der Waals surface area (Å²) < 4.78 is 5.14. The Morgan fingerprint density at radius 1 is 1.24 bits per heavy atom. The number of amides is 1. The van der Waals surface area contributed by atoms with Gasteiger partial charge in [-0.1, -0.05) is 0 Å². The fraction of sp³-hybridized carbons (Fsp3) is 0.444. The van der Waals surface area contributed by atoms with Crippen LogP contribution in [0.25, 0.3) is 0 Å². The number of rotatable bonds is 5. The van der Waals surface area contributed by atoms with Crippen LogP contribution in [0.3, 0.4) is 0 Å².